The molecule has 1 amide bonds. The van der Waals surface area contributed by atoms with Gasteiger partial charge in [-0.25, -0.2) is 4.98 Å². The molecule has 0 unspecified atom stereocenters. The lowest BCUT2D eigenvalue weighted by molar-refractivity contribution is -0.113. The molecule has 7 nitrogen and oxygen atoms in total. The number of methoxy groups -OCH3 is 1. The number of amides is 1. The molecule has 33 heavy (non-hydrogen) atoms. The van der Waals surface area contributed by atoms with Crippen LogP contribution in [0.3, 0.4) is 0 Å². The Bertz CT molecular complexity index is 1530. The van der Waals surface area contributed by atoms with Crippen molar-refractivity contribution in [1.29, 1.82) is 0 Å². The lowest BCUT2D eigenvalue weighted by atomic mass is 10.2. The van der Waals surface area contributed by atoms with Gasteiger partial charge in [0.15, 0.2) is 5.16 Å². The van der Waals surface area contributed by atoms with Crippen LogP contribution in [0.4, 0.5) is 5.69 Å². The number of rotatable bonds is 6. The normalized spacial score (nSPS) is 11.1. The lowest BCUT2D eigenvalue weighted by Gasteiger charge is -2.12. The van der Waals surface area contributed by atoms with Gasteiger partial charge in [0.05, 0.1) is 18.6 Å². The van der Waals surface area contributed by atoms with E-state index in [0.29, 0.717) is 33.3 Å². The minimum atomic E-state index is -0.210. The molecule has 0 spiro atoms. The lowest BCUT2D eigenvalue weighted by Crippen LogP contribution is -2.23. The van der Waals surface area contributed by atoms with Gasteiger partial charge >= 0.3 is 0 Å². The van der Waals surface area contributed by atoms with E-state index < -0.39 is 0 Å². The van der Waals surface area contributed by atoms with Crippen molar-refractivity contribution in [3.63, 3.8) is 0 Å². The zero-order valence-corrected chi connectivity index (χ0v) is 18.6. The third-order valence-corrected chi connectivity index (χ3v) is 6.13. The molecule has 164 valence electrons. The highest BCUT2D eigenvalue weighted by molar-refractivity contribution is 7.99. The second kappa shape index (κ2) is 8.84. The van der Waals surface area contributed by atoms with Gasteiger partial charge in [-0.2, -0.15) is 0 Å². The van der Waals surface area contributed by atoms with E-state index in [1.807, 2.05) is 60.7 Å². The number of para-hydroxylation sites is 2. The number of thioether (sulfide) groups is 1. The summed E-state index contributed by atoms with van der Waals surface area (Å²) in [7, 11) is 1.58. The molecular weight excluding hydrogens is 436 g/mol. The van der Waals surface area contributed by atoms with Crippen LogP contribution in [0.2, 0.25) is 0 Å². The summed E-state index contributed by atoms with van der Waals surface area (Å²) in [6, 6.07) is 24.1. The Hall–Kier alpha value is -4.04. The van der Waals surface area contributed by atoms with Gasteiger partial charge in [0.2, 0.25) is 5.91 Å². The molecular formula is C25H20N4O3S. The number of nitrogens with zero attached hydrogens (tertiary/aromatic N) is 2. The SMILES string of the molecule is COc1cccc(NC(=O)CSc2nc3c([nH]c4ccccc43)c(=O)n2-c2ccccc2)c1. The molecule has 5 rings (SSSR count). The van der Waals surface area contributed by atoms with Gasteiger partial charge in [0.25, 0.3) is 5.56 Å². The molecule has 5 aromatic rings. The summed E-state index contributed by atoms with van der Waals surface area (Å²) in [4.78, 5) is 34.1. The topological polar surface area (TPSA) is 89.0 Å². The second-order valence-corrected chi connectivity index (χ2v) is 8.28. The number of carbonyl (C=O) groups is 1. The van der Waals surface area contributed by atoms with Crippen LogP contribution in [0.25, 0.3) is 27.6 Å². The van der Waals surface area contributed by atoms with E-state index >= 15 is 0 Å². The number of fused-ring (bicyclic) bond motifs is 3. The van der Waals surface area contributed by atoms with E-state index in [1.165, 1.54) is 11.8 Å². The van der Waals surface area contributed by atoms with Crippen molar-refractivity contribution in [1.82, 2.24) is 14.5 Å². The van der Waals surface area contributed by atoms with Gasteiger partial charge in [-0.3, -0.25) is 14.2 Å². The van der Waals surface area contributed by atoms with Crippen molar-refractivity contribution in [3.8, 4) is 11.4 Å². The van der Waals surface area contributed by atoms with Crippen LogP contribution in [0, 0.1) is 0 Å². The minimum Gasteiger partial charge on any atom is -0.497 e. The zero-order valence-electron chi connectivity index (χ0n) is 17.7. The second-order valence-electron chi connectivity index (χ2n) is 7.33. The van der Waals surface area contributed by atoms with Gasteiger partial charge < -0.3 is 15.0 Å². The molecule has 0 bridgehead atoms. The summed E-state index contributed by atoms with van der Waals surface area (Å²) in [5.74, 6) is 0.538. The average Bonchev–Trinajstić information content (AvgIpc) is 3.22. The van der Waals surface area contributed by atoms with Crippen LogP contribution in [0.1, 0.15) is 0 Å². The number of carbonyl (C=O) groups excluding carboxylic acids is 1. The third kappa shape index (κ3) is 4.08. The van der Waals surface area contributed by atoms with Crippen LogP contribution in [0.15, 0.2) is 88.8 Å². The first kappa shape index (κ1) is 20.8. The molecule has 0 aliphatic heterocycles. The Balaban J connectivity index is 1.52. The Labute approximate surface area is 193 Å². The Morgan fingerprint density at radius 2 is 1.85 bits per heavy atom. The molecule has 0 atom stereocenters. The van der Waals surface area contributed by atoms with Crippen molar-refractivity contribution in [2.45, 2.75) is 5.16 Å². The maximum atomic E-state index is 13.5. The number of aromatic nitrogens is 3. The number of benzene rings is 3. The monoisotopic (exact) mass is 456 g/mol. The zero-order chi connectivity index (χ0) is 22.8. The average molecular weight is 457 g/mol. The maximum absolute atomic E-state index is 13.5. The molecule has 2 N–H and O–H groups in total. The van der Waals surface area contributed by atoms with Gasteiger partial charge in [-0.05, 0) is 30.3 Å². The van der Waals surface area contributed by atoms with E-state index in [1.54, 1.807) is 29.9 Å². The van der Waals surface area contributed by atoms with Crippen LogP contribution < -0.4 is 15.6 Å². The van der Waals surface area contributed by atoms with E-state index in [9.17, 15) is 9.59 Å². The summed E-state index contributed by atoms with van der Waals surface area (Å²) in [5.41, 5.74) is 2.99. The van der Waals surface area contributed by atoms with Gasteiger partial charge in [-0.15, -0.1) is 0 Å². The number of hydrogen-bond donors (Lipinski definition) is 2. The van der Waals surface area contributed by atoms with Crippen molar-refractivity contribution in [2.75, 3.05) is 18.2 Å². The molecule has 2 aromatic heterocycles. The fraction of sp³-hybridized carbons (Fsp3) is 0.0800. The quantitative estimate of drug-likeness (QED) is 0.288. The first-order valence-electron chi connectivity index (χ1n) is 10.3. The molecule has 0 aliphatic carbocycles. The fourth-order valence-corrected chi connectivity index (χ4v) is 4.48. The van der Waals surface area contributed by atoms with Crippen molar-refractivity contribution >= 4 is 45.3 Å². The van der Waals surface area contributed by atoms with E-state index in [2.05, 4.69) is 10.3 Å². The van der Waals surface area contributed by atoms with Crippen molar-refractivity contribution in [2.24, 2.45) is 0 Å². The molecule has 0 aliphatic rings. The summed E-state index contributed by atoms with van der Waals surface area (Å²) < 4.78 is 6.75. The predicted molar refractivity (Wildman–Crippen MR) is 132 cm³/mol. The molecule has 0 saturated heterocycles. The van der Waals surface area contributed by atoms with Gasteiger partial charge in [0.1, 0.15) is 16.8 Å². The minimum absolute atomic E-state index is 0.0876. The van der Waals surface area contributed by atoms with E-state index in [-0.39, 0.29) is 17.2 Å². The number of H-pyrrole nitrogens is 1. The first-order valence-corrected chi connectivity index (χ1v) is 11.3. The largest absolute Gasteiger partial charge is 0.497 e. The highest BCUT2D eigenvalue weighted by Gasteiger charge is 2.18. The first-order chi connectivity index (χ1) is 16.1. The number of nitrogens with one attached hydrogen (secondary N) is 2. The molecule has 2 heterocycles. The smallest absolute Gasteiger partial charge is 0.283 e. The number of hydrogen-bond acceptors (Lipinski definition) is 5. The Morgan fingerprint density at radius 3 is 2.67 bits per heavy atom. The number of aromatic amines is 1. The highest BCUT2D eigenvalue weighted by atomic mass is 32.2. The standard InChI is InChI=1S/C25H20N4O3S/c1-32-18-11-7-8-16(14-18)26-21(30)15-33-25-28-22-19-12-5-6-13-20(19)27-23(22)24(31)29(25)17-9-3-2-4-10-17/h2-14,27H,15H2,1H3,(H,26,30). The molecule has 0 fully saturated rings. The molecule has 8 heteroatoms. The summed E-state index contributed by atoms with van der Waals surface area (Å²) >= 11 is 1.21. The van der Waals surface area contributed by atoms with Gasteiger partial charge in [-0.1, -0.05) is 54.2 Å². The summed E-state index contributed by atoms with van der Waals surface area (Å²) in [5, 5.41) is 4.18. The Morgan fingerprint density at radius 1 is 1.06 bits per heavy atom. The van der Waals surface area contributed by atoms with Crippen LogP contribution >= 0.6 is 11.8 Å². The summed E-state index contributed by atoms with van der Waals surface area (Å²) in [6.45, 7) is 0. The maximum Gasteiger partial charge on any atom is 0.283 e. The predicted octanol–water partition coefficient (Wildman–Crippen LogP) is 4.61. The van der Waals surface area contributed by atoms with Crippen LogP contribution in [0.5, 0.6) is 5.75 Å². The van der Waals surface area contributed by atoms with E-state index in [4.69, 9.17) is 9.72 Å². The Kier molecular flexibility index (Phi) is 5.58. The third-order valence-electron chi connectivity index (χ3n) is 5.19. The molecule has 0 radical (unpaired) electrons. The number of ether oxygens (including phenoxy) is 1. The highest BCUT2D eigenvalue weighted by Crippen LogP contribution is 2.26. The molecule has 0 saturated carbocycles. The number of anilines is 1. The van der Waals surface area contributed by atoms with Crippen molar-refractivity contribution < 1.29 is 9.53 Å². The summed E-state index contributed by atoms with van der Waals surface area (Å²) in [6.07, 6.45) is 0. The van der Waals surface area contributed by atoms with Crippen molar-refractivity contribution in [3.05, 3.63) is 89.2 Å². The fourth-order valence-electron chi connectivity index (χ4n) is 3.67. The molecule has 3 aromatic carbocycles. The van der Waals surface area contributed by atoms with E-state index in [0.717, 1.165) is 10.9 Å². The van der Waals surface area contributed by atoms with Gasteiger partial charge in [0, 0.05) is 22.7 Å². The van der Waals surface area contributed by atoms with Crippen LogP contribution in [-0.4, -0.2) is 33.3 Å². The van der Waals surface area contributed by atoms with Crippen LogP contribution in [-0.2, 0) is 4.79 Å².